The zero-order valence-corrected chi connectivity index (χ0v) is 11.3. The summed E-state index contributed by atoms with van der Waals surface area (Å²) < 4.78 is 36.0. The molecule has 0 fully saturated rings. The first-order chi connectivity index (χ1) is 9.26. The first-order valence-electron chi connectivity index (χ1n) is 6.02. The van der Waals surface area contributed by atoms with Crippen molar-refractivity contribution in [2.24, 2.45) is 0 Å². The van der Waals surface area contributed by atoms with E-state index < -0.39 is 23.6 Å². The zero-order valence-electron chi connectivity index (χ0n) is 11.3. The van der Waals surface area contributed by atoms with Crippen molar-refractivity contribution in [1.29, 1.82) is 0 Å². The van der Waals surface area contributed by atoms with Gasteiger partial charge in [-0.05, 0) is 26.0 Å². The number of esters is 1. The number of hydrogen-bond donors (Lipinski definition) is 0. The molecule has 0 radical (unpaired) electrons. The molecule has 108 valence electrons. The standard InChI is InChI=1S/C14H14F2O4/c1-14(2)11(17)5-7-4-9(13(18)19-3)8(12(15)16)6-10(7)20-14/h4,6,12H,5H2,1-3H3. The second-order valence-electron chi connectivity index (χ2n) is 5.05. The number of methoxy groups -OCH3 is 1. The third-order valence-electron chi connectivity index (χ3n) is 3.26. The van der Waals surface area contributed by atoms with E-state index in [4.69, 9.17) is 4.74 Å². The summed E-state index contributed by atoms with van der Waals surface area (Å²) in [7, 11) is 1.11. The number of benzene rings is 1. The lowest BCUT2D eigenvalue weighted by Crippen LogP contribution is -2.42. The Kier molecular flexibility index (Phi) is 3.50. The van der Waals surface area contributed by atoms with Crippen LogP contribution in [0.1, 0.15) is 41.8 Å². The summed E-state index contributed by atoms with van der Waals surface area (Å²) in [4.78, 5) is 23.4. The molecule has 0 aliphatic carbocycles. The summed E-state index contributed by atoms with van der Waals surface area (Å²) >= 11 is 0. The van der Waals surface area contributed by atoms with Crippen LogP contribution in [0.15, 0.2) is 12.1 Å². The van der Waals surface area contributed by atoms with Gasteiger partial charge in [-0.2, -0.15) is 0 Å². The van der Waals surface area contributed by atoms with Crippen molar-refractivity contribution in [3.63, 3.8) is 0 Å². The molecule has 1 heterocycles. The van der Waals surface area contributed by atoms with Gasteiger partial charge in [0.05, 0.1) is 12.7 Å². The molecule has 1 aromatic rings. The van der Waals surface area contributed by atoms with Crippen molar-refractivity contribution >= 4 is 11.8 Å². The van der Waals surface area contributed by atoms with E-state index in [-0.39, 0.29) is 23.5 Å². The van der Waals surface area contributed by atoms with Gasteiger partial charge in [-0.1, -0.05) is 0 Å². The molecular weight excluding hydrogens is 270 g/mol. The minimum atomic E-state index is -2.83. The van der Waals surface area contributed by atoms with Crippen LogP contribution in [-0.2, 0) is 16.0 Å². The quantitative estimate of drug-likeness (QED) is 0.783. The van der Waals surface area contributed by atoms with Gasteiger partial charge in [0, 0.05) is 17.5 Å². The van der Waals surface area contributed by atoms with E-state index in [0.717, 1.165) is 13.2 Å². The van der Waals surface area contributed by atoms with Crippen LogP contribution in [0.2, 0.25) is 0 Å². The summed E-state index contributed by atoms with van der Waals surface area (Å²) in [6, 6.07) is 2.36. The van der Waals surface area contributed by atoms with Crippen molar-refractivity contribution in [2.75, 3.05) is 7.11 Å². The molecule has 4 nitrogen and oxygen atoms in total. The van der Waals surface area contributed by atoms with Crippen molar-refractivity contribution in [3.8, 4) is 5.75 Å². The van der Waals surface area contributed by atoms with Crippen LogP contribution in [-0.4, -0.2) is 24.5 Å². The highest BCUT2D eigenvalue weighted by molar-refractivity contribution is 5.94. The lowest BCUT2D eigenvalue weighted by atomic mass is 9.90. The van der Waals surface area contributed by atoms with E-state index in [1.807, 2.05) is 0 Å². The van der Waals surface area contributed by atoms with Crippen LogP contribution < -0.4 is 4.74 Å². The van der Waals surface area contributed by atoms with Gasteiger partial charge in [-0.25, -0.2) is 13.6 Å². The first kappa shape index (κ1) is 14.4. The molecule has 20 heavy (non-hydrogen) atoms. The Morgan fingerprint density at radius 2 is 2.05 bits per heavy atom. The van der Waals surface area contributed by atoms with Gasteiger partial charge in [0.15, 0.2) is 11.4 Å². The molecule has 0 spiro atoms. The molecule has 1 aromatic carbocycles. The number of hydrogen-bond acceptors (Lipinski definition) is 4. The molecule has 0 bridgehead atoms. The summed E-state index contributed by atoms with van der Waals surface area (Å²) in [5, 5.41) is 0. The third kappa shape index (κ3) is 2.37. The summed E-state index contributed by atoms with van der Waals surface area (Å²) in [6.07, 6.45) is -2.80. The van der Waals surface area contributed by atoms with Crippen molar-refractivity contribution in [1.82, 2.24) is 0 Å². The van der Waals surface area contributed by atoms with Crippen LogP contribution in [0, 0.1) is 0 Å². The van der Waals surface area contributed by atoms with Gasteiger partial charge < -0.3 is 9.47 Å². The number of fused-ring (bicyclic) bond motifs is 1. The predicted molar refractivity (Wildman–Crippen MR) is 66.2 cm³/mol. The van der Waals surface area contributed by atoms with Gasteiger partial charge in [0.1, 0.15) is 5.75 Å². The Labute approximate surface area is 114 Å². The number of halogens is 2. The Bertz CT molecular complexity index is 579. The fourth-order valence-electron chi connectivity index (χ4n) is 2.06. The van der Waals surface area contributed by atoms with Gasteiger partial charge >= 0.3 is 5.97 Å². The highest BCUT2D eigenvalue weighted by Crippen LogP contribution is 2.36. The number of Topliss-reactive ketones (excluding diaryl/α,β-unsaturated/α-hetero) is 1. The maximum Gasteiger partial charge on any atom is 0.338 e. The highest BCUT2D eigenvalue weighted by Gasteiger charge is 2.36. The van der Waals surface area contributed by atoms with E-state index in [1.165, 1.54) is 6.07 Å². The van der Waals surface area contributed by atoms with Crippen molar-refractivity contribution < 1.29 is 27.8 Å². The second kappa shape index (κ2) is 4.85. The molecule has 1 aliphatic rings. The molecule has 0 unspecified atom stereocenters. The Morgan fingerprint density at radius 1 is 1.40 bits per heavy atom. The fourth-order valence-corrected chi connectivity index (χ4v) is 2.06. The molecule has 1 aliphatic heterocycles. The number of ether oxygens (including phenoxy) is 2. The minimum absolute atomic E-state index is 0.0375. The van der Waals surface area contributed by atoms with E-state index in [9.17, 15) is 18.4 Å². The number of rotatable bonds is 2. The number of alkyl halides is 2. The topological polar surface area (TPSA) is 52.6 Å². The van der Waals surface area contributed by atoms with Crippen molar-refractivity contribution in [3.05, 3.63) is 28.8 Å². The number of ketones is 1. The molecule has 0 atom stereocenters. The second-order valence-corrected chi connectivity index (χ2v) is 5.05. The molecule has 0 amide bonds. The molecule has 6 heteroatoms. The minimum Gasteiger partial charge on any atom is -0.480 e. The highest BCUT2D eigenvalue weighted by atomic mass is 19.3. The molecule has 0 saturated heterocycles. The maximum absolute atomic E-state index is 13.0. The maximum atomic E-state index is 13.0. The van der Waals surface area contributed by atoms with Crippen LogP contribution >= 0.6 is 0 Å². The van der Waals surface area contributed by atoms with Crippen LogP contribution in [0.25, 0.3) is 0 Å². The largest absolute Gasteiger partial charge is 0.480 e. The average molecular weight is 284 g/mol. The molecular formula is C14H14F2O4. The van der Waals surface area contributed by atoms with E-state index in [0.29, 0.717) is 5.56 Å². The van der Waals surface area contributed by atoms with E-state index in [1.54, 1.807) is 13.8 Å². The summed E-state index contributed by atoms with van der Waals surface area (Å²) in [6.45, 7) is 3.16. The predicted octanol–water partition coefficient (Wildman–Crippen LogP) is 2.69. The Morgan fingerprint density at radius 3 is 2.60 bits per heavy atom. The normalized spacial score (nSPS) is 16.6. The summed E-state index contributed by atoms with van der Waals surface area (Å²) in [5.74, 6) is -0.830. The van der Waals surface area contributed by atoms with Gasteiger partial charge in [-0.15, -0.1) is 0 Å². The molecule has 0 saturated carbocycles. The number of carbonyl (C=O) groups is 2. The lowest BCUT2D eigenvalue weighted by Gasteiger charge is -2.31. The Hall–Kier alpha value is -1.98. The van der Waals surface area contributed by atoms with Gasteiger partial charge in [0.25, 0.3) is 6.43 Å². The fraction of sp³-hybridized carbons (Fsp3) is 0.429. The zero-order chi connectivity index (χ0) is 15.1. The first-order valence-corrected chi connectivity index (χ1v) is 6.02. The van der Waals surface area contributed by atoms with E-state index in [2.05, 4.69) is 4.74 Å². The van der Waals surface area contributed by atoms with Gasteiger partial charge in [-0.3, -0.25) is 4.79 Å². The Balaban J connectivity index is 2.57. The average Bonchev–Trinajstić information content (AvgIpc) is 2.37. The van der Waals surface area contributed by atoms with Gasteiger partial charge in [0.2, 0.25) is 0 Å². The van der Waals surface area contributed by atoms with Crippen LogP contribution in [0.3, 0.4) is 0 Å². The molecule has 2 rings (SSSR count). The third-order valence-corrected chi connectivity index (χ3v) is 3.26. The smallest absolute Gasteiger partial charge is 0.338 e. The van der Waals surface area contributed by atoms with Crippen LogP contribution in [0.4, 0.5) is 8.78 Å². The summed E-state index contributed by atoms with van der Waals surface area (Å²) in [5.41, 5.74) is -1.34. The van der Waals surface area contributed by atoms with Crippen molar-refractivity contribution in [2.45, 2.75) is 32.3 Å². The monoisotopic (exact) mass is 284 g/mol. The number of carbonyl (C=O) groups excluding carboxylic acids is 2. The molecule has 0 N–H and O–H groups in total. The lowest BCUT2D eigenvalue weighted by molar-refractivity contribution is -0.132. The molecule has 0 aromatic heterocycles. The van der Waals surface area contributed by atoms with E-state index >= 15 is 0 Å². The SMILES string of the molecule is COC(=O)c1cc2c(cc1C(F)F)OC(C)(C)C(=O)C2. The van der Waals surface area contributed by atoms with Crippen LogP contribution in [0.5, 0.6) is 5.75 Å².